The van der Waals surface area contributed by atoms with Crippen LogP contribution in [0.1, 0.15) is 12.0 Å². The first-order valence-electron chi connectivity index (χ1n) is 8.96. The minimum atomic E-state index is -0.383. The Morgan fingerprint density at radius 2 is 1.93 bits per heavy atom. The van der Waals surface area contributed by atoms with E-state index in [0.29, 0.717) is 23.0 Å². The molecular weight excluding hydrogens is 374 g/mol. The lowest BCUT2D eigenvalue weighted by atomic mass is 10.0. The number of thioether (sulfide) groups is 1. The fourth-order valence-corrected chi connectivity index (χ4v) is 3.96. The van der Waals surface area contributed by atoms with E-state index in [9.17, 15) is 9.59 Å². The number of amides is 1. The van der Waals surface area contributed by atoms with Crippen molar-refractivity contribution in [2.45, 2.75) is 18.0 Å². The molecule has 8 heteroatoms. The number of aromatic amines is 1. The molecule has 0 atom stereocenters. The van der Waals surface area contributed by atoms with Crippen LogP contribution in [0.15, 0.2) is 58.5 Å². The van der Waals surface area contributed by atoms with Crippen molar-refractivity contribution in [1.29, 1.82) is 0 Å². The molecule has 1 aromatic heterocycles. The predicted molar refractivity (Wildman–Crippen MR) is 110 cm³/mol. The number of aromatic nitrogens is 3. The van der Waals surface area contributed by atoms with E-state index in [2.05, 4.69) is 21.2 Å². The Balaban J connectivity index is 1.48. The minimum absolute atomic E-state index is 0.0174. The quantitative estimate of drug-likeness (QED) is 0.521. The molecule has 0 unspecified atom stereocenters. The average Bonchev–Trinajstić information content (AvgIpc) is 2.72. The fraction of sp³-hybridized carbons (Fsp3) is 0.200. The summed E-state index contributed by atoms with van der Waals surface area (Å²) >= 11 is 1.17. The van der Waals surface area contributed by atoms with E-state index >= 15 is 0 Å². The van der Waals surface area contributed by atoms with Crippen molar-refractivity contribution in [2.75, 3.05) is 22.9 Å². The van der Waals surface area contributed by atoms with Crippen LogP contribution in [0.5, 0.6) is 0 Å². The molecule has 0 spiro atoms. The van der Waals surface area contributed by atoms with Gasteiger partial charge in [0.05, 0.1) is 5.75 Å². The first-order chi connectivity index (χ1) is 13.6. The van der Waals surface area contributed by atoms with E-state index < -0.39 is 0 Å². The molecule has 0 saturated heterocycles. The molecule has 0 bridgehead atoms. The summed E-state index contributed by atoms with van der Waals surface area (Å²) in [6, 6.07) is 14.9. The number of carbonyl (C=O) groups is 1. The van der Waals surface area contributed by atoms with Crippen LogP contribution in [-0.4, -0.2) is 33.4 Å². The van der Waals surface area contributed by atoms with Gasteiger partial charge in [0.15, 0.2) is 10.9 Å². The van der Waals surface area contributed by atoms with Crippen molar-refractivity contribution < 1.29 is 4.79 Å². The molecule has 3 aromatic rings. The molecule has 0 radical (unpaired) electrons. The van der Waals surface area contributed by atoms with Crippen molar-refractivity contribution in [3.8, 4) is 11.3 Å². The Kier molecular flexibility index (Phi) is 5.12. The summed E-state index contributed by atoms with van der Waals surface area (Å²) < 4.78 is 0. The van der Waals surface area contributed by atoms with Gasteiger partial charge in [-0.25, -0.2) is 0 Å². The van der Waals surface area contributed by atoms with Crippen molar-refractivity contribution in [3.05, 3.63) is 64.4 Å². The Morgan fingerprint density at radius 1 is 1.14 bits per heavy atom. The van der Waals surface area contributed by atoms with Crippen LogP contribution in [0.2, 0.25) is 0 Å². The second kappa shape index (κ2) is 7.85. The third kappa shape index (κ3) is 3.63. The van der Waals surface area contributed by atoms with Gasteiger partial charge in [-0.2, -0.15) is 0 Å². The Morgan fingerprint density at radius 3 is 2.75 bits per heavy atom. The number of carbonyl (C=O) groups excluding carboxylic acids is 1. The van der Waals surface area contributed by atoms with Crippen LogP contribution in [-0.2, 0) is 11.2 Å². The molecule has 142 valence electrons. The standard InChI is InChI=1S/C20H19N5O2S/c21-15-9-3-2-8-14(15)18-19(27)22-20(24-23-18)28-12-17(26)25-11-5-7-13-6-1-4-10-16(13)25/h1-4,6,8-10H,5,7,11-12,21H2,(H,22,24,27). The van der Waals surface area contributed by atoms with Gasteiger partial charge in [-0.05, 0) is 30.5 Å². The zero-order valence-electron chi connectivity index (χ0n) is 15.1. The third-order valence-corrected chi connectivity index (χ3v) is 5.48. The SMILES string of the molecule is Nc1ccccc1-c1nnc(SCC(=O)N2CCCc3ccccc32)[nH]c1=O. The molecule has 0 fully saturated rings. The molecule has 1 aliphatic rings. The van der Waals surface area contributed by atoms with Crippen LogP contribution in [0, 0.1) is 0 Å². The van der Waals surface area contributed by atoms with Crippen LogP contribution < -0.4 is 16.2 Å². The number of fused-ring (bicyclic) bond motifs is 1. The number of rotatable bonds is 4. The van der Waals surface area contributed by atoms with Crippen LogP contribution >= 0.6 is 11.8 Å². The molecular formula is C20H19N5O2S. The van der Waals surface area contributed by atoms with E-state index in [1.807, 2.05) is 18.2 Å². The molecule has 3 N–H and O–H groups in total. The van der Waals surface area contributed by atoms with Crippen molar-refractivity contribution >= 4 is 29.0 Å². The number of hydrogen-bond acceptors (Lipinski definition) is 6. The van der Waals surface area contributed by atoms with Gasteiger partial charge < -0.3 is 10.6 Å². The monoisotopic (exact) mass is 393 g/mol. The highest BCUT2D eigenvalue weighted by Gasteiger charge is 2.22. The number of anilines is 2. The number of hydrogen-bond donors (Lipinski definition) is 2. The first-order valence-corrected chi connectivity index (χ1v) is 9.95. The minimum Gasteiger partial charge on any atom is -0.398 e. The highest BCUT2D eigenvalue weighted by molar-refractivity contribution is 7.99. The lowest BCUT2D eigenvalue weighted by Crippen LogP contribution is -2.36. The summed E-state index contributed by atoms with van der Waals surface area (Å²) in [4.78, 5) is 29.6. The van der Waals surface area contributed by atoms with E-state index in [4.69, 9.17) is 5.73 Å². The lowest BCUT2D eigenvalue weighted by molar-refractivity contribution is -0.116. The Hall–Kier alpha value is -3.13. The van der Waals surface area contributed by atoms with Crippen molar-refractivity contribution in [3.63, 3.8) is 0 Å². The number of aryl methyl sites for hydroxylation is 1. The average molecular weight is 393 g/mol. The van der Waals surface area contributed by atoms with E-state index in [1.54, 1.807) is 29.2 Å². The maximum absolute atomic E-state index is 12.7. The van der Waals surface area contributed by atoms with E-state index in [-0.39, 0.29) is 22.9 Å². The summed E-state index contributed by atoms with van der Waals surface area (Å²) in [5.74, 6) is 0.155. The number of nitrogens with one attached hydrogen (secondary N) is 1. The maximum atomic E-state index is 12.7. The third-order valence-electron chi connectivity index (χ3n) is 4.64. The summed E-state index contributed by atoms with van der Waals surface area (Å²) in [5.41, 5.74) is 8.83. The molecule has 4 rings (SSSR count). The van der Waals surface area contributed by atoms with Gasteiger partial charge in [0, 0.05) is 23.5 Å². The second-order valence-corrected chi connectivity index (χ2v) is 7.43. The molecule has 28 heavy (non-hydrogen) atoms. The number of nitrogens with zero attached hydrogens (tertiary/aromatic N) is 3. The predicted octanol–water partition coefficient (Wildman–Crippen LogP) is 2.49. The van der Waals surface area contributed by atoms with Gasteiger partial charge in [0.1, 0.15) is 0 Å². The zero-order valence-corrected chi connectivity index (χ0v) is 15.9. The Labute approximate surface area is 166 Å². The topological polar surface area (TPSA) is 105 Å². The van der Waals surface area contributed by atoms with Gasteiger partial charge in [0.25, 0.3) is 5.56 Å². The normalized spacial score (nSPS) is 13.2. The number of H-pyrrole nitrogens is 1. The smallest absolute Gasteiger partial charge is 0.278 e. The fourth-order valence-electron chi connectivity index (χ4n) is 3.28. The lowest BCUT2D eigenvalue weighted by Gasteiger charge is -2.29. The molecule has 2 heterocycles. The summed E-state index contributed by atoms with van der Waals surface area (Å²) in [7, 11) is 0. The van der Waals surface area contributed by atoms with Crippen LogP contribution in [0.25, 0.3) is 11.3 Å². The number of nitrogens with two attached hydrogens (primary N) is 1. The van der Waals surface area contributed by atoms with Gasteiger partial charge in [0.2, 0.25) is 5.91 Å². The Bertz CT molecular complexity index is 1080. The van der Waals surface area contributed by atoms with Gasteiger partial charge >= 0.3 is 0 Å². The van der Waals surface area contributed by atoms with E-state index in [0.717, 1.165) is 18.5 Å². The molecule has 7 nitrogen and oxygen atoms in total. The maximum Gasteiger partial charge on any atom is 0.278 e. The number of nitrogen functional groups attached to an aromatic ring is 1. The second-order valence-electron chi connectivity index (χ2n) is 6.46. The number of benzene rings is 2. The molecule has 0 aliphatic carbocycles. The van der Waals surface area contributed by atoms with Gasteiger partial charge in [-0.1, -0.05) is 48.2 Å². The van der Waals surface area contributed by atoms with Crippen molar-refractivity contribution in [2.24, 2.45) is 0 Å². The van der Waals surface area contributed by atoms with Gasteiger partial charge in [-0.15, -0.1) is 10.2 Å². The summed E-state index contributed by atoms with van der Waals surface area (Å²) in [5, 5.41) is 8.37. The molecule has 1 amide bonds. The highest BCUT2D eigenvalue weighted by atomic mass is 32.2. The van der Waals surface area contributed by atoms with Crippen LogP contribution in [0.4, 0.5) is 11.4 Å². The zero-order chi connectivity index (χ0) is 19.5. The largest absolute Gasteiger partial charge is 0.398 e. The molecule has 0 saturated carbocycles. The summed E-state index contributed by atoms with van der Waals surface area (Å²) in [6.45, 7) is 0.699. The van der Waals surface area contributed by atoms with Crippen molar-refractivity contribution in [1.82, 2.24) is 15.2 Å². The molecule has 2 aromatic carbocycles. The van der Waals surface area contributed by atoms with E-state index in [1.165, 1.54) is 17.3 Å². The first kappa shape index (κ1) is 18.2. The number of para-hydroxylation sites is 2. The summed E-state index contributed by atoms with van der Waals surface area (Å²) in [6.07, 6.45) is 1.92. The molecule has 1 aliphatic heterocycles. The van der Waals surface area contributed by atoms with Gasteiger partial charge in [-0.3, -0.25) is 14.6 Å². The highest BCUT2D eigenvalue weighted by Crippen LogP contribution is 2.27. The van der Waals surface area contributed by atoms with Crippen LogP contribution in [0.3, 0.4) is 0 Å².